The Balaban J connectivity index is 4.08. The van der Waals surface area contributed by atoms with Crippen LogP contribution in [-0.2, 0) is 0 Å². The van der Waals surface area contributed by atoms with Gasteiger partial charge in [0.05, 0.1) is 17.3 Å². The molecule has 0 rings (SSSR count). The zero-order chi connectivity index (χ0) is 12.1. The molecule has 0 fully saturated rings. The number of aliphatic hydroxyl groups excluding tert-OH is 1. The van der Waals surface area contributed by atoms with E-state index in [4.69, 9.17) is 0 Å². The Kier molecular flexibility index (Phi) is 5.78. The molecule has 3 N–H and O–H groups in total. The van der Waals surface area contributed by atoms with Gasteiger partial charge in [0.25, 0.3) is 0 Å². The van der Waals surface area contributed by atoms with Gasteiger partial charge in [-0.15, -0.1) is 0 Å². The summed E-state index contributed by atoms with van der Waals surface area (Å²) in [6, 6.07) is 0. The van der Waals surface area contributed by atoms with E-state index in [0.29, 0.717) is 25.7 Å². The molecule has 0 aliphatic carbocycles. The number of aliphatic hydroxyl groups is 3. The molecule has 0 saturated carbocycles. The second-order valence-electron chi connectivity index (χ2n) is 5.16. The molecule has 92 valence electrons. The van der Waals surface area contributed by atoms with Crippen LogP contribution in [0.2, 0.25) is 0 Å². The minimum Gasteiger partial charge on any atom is -0.393 e. The van der Waals surface area contributed by atoms with E-state index in [1.165, 1.54) is 0 Å². The monoisotopic (exact) mass is 218 g/mol. The van der Waals surface area contributed by atoms with Crippen molar-refractivity contribution in [2.45, 2.75) is 77.1 Å². The fourth-order valence-corrected chi connectivity index (χ4v) is 1.87. The average Bonchev–Trinajstić information content (AvgIpc) is 2.01. The van der Waals surface area contributed by atoms with Gasteiger partial charge in [0, 0.05) is 12.8 Å². The molecule has 0 aromatic carbocycles. The number of hydrogen-bond donors (Lipinski definition) is 3. The van der Waals surface area contributed by atoms with Crippen LogP contribution in [0.3, 0.4) is 0 Å². The minimum atomic E-state index is -0.832. The molecule has 3 nitrogen and oxygen atoms in total. The predicted octanol–water partition coefficient (Wildman–Crippen LogP) is 1.84. The summed E-state index contributed by atoms with van der Waals surface area (Å²) < 4.78 is 0. The van der Waals surface area contributed by atoms with E-state index in [9.17, 15) is 15.3 Å². The molecule has 0 saturated heterocycles. The molecule has 3 atom stereocenters. The highest BCUT2D eigenvalue weighted by Gasteiger charge is 2.28. The fraction of sp³-hybridized carbons (Fsp3) is 1.00. The topological polar surface area (TPSA) is 60.7 Å². The Labute approximate surface area is 93.1 Å². The largest absolute Gasteiger partial charge is 0.393 e. The SMILES string of the molecule is CCCC(C)(O)CC(O)CC(C)(O)CC. The lowest BCUT2D eigenvalue weighted by Crippen LogP contribution is -2.35. The lowest BCUT2D eigenvalue weighted by atomic mass is 9.87. The van der Waals surface area contributed by atoms with Crippen LogP contribution in [0, 0.1) is 0 Å². The van der Waals surface area contributed by atoms with Crippen LogP contribution < -0.4 is 0 Å². The first-order chi connectivity index (χ1) is 6.72. The Hall–Kier alpha value is -0.120. The predicted molar refractivity (Wildman–Crippen MR) is 61.7 cm³/mol. The van der Waals surface area contributed by atoms with Crippen LogP contribution in [0.4, 0.5) is 0 Å². The van der Waals surface area contributed by atoms with Crippen molar-refractivity contribution in [1.29, 1.82) is 0 Å². The molecule has 0 aromatic rings. The summed E-state index contributed by atoms with van der Waals surface area (Å²) >= 11 is 0. The highest BCUT2D eigenvalue weighted by Crippen LogP contribution is 2.24. The van der Waals surface area contributed by atoms with Crippen LogP contribution in [0.1, 0.15) is 59.8 Å². The molecule has 0 heterocycles. The molecule has 0 spiro atoms. The number of hydrogen-bond acceptors (Lipinski definition) is 3. The second kappa shape index (κ2) is 5.83. The summed E-state index contributed by atoms with van der Waals surface area (Å²) in [6.07, 6.45) is 2.20. The normalized spacial score (nSPS) is 21.8. The second-order valence-corrected chi connectivity index (χ2v) is 5.16. The molecule has 0 amide bonds. The molecule has 3 unspecified atom stereocenters. The van der Waals surface area contributed by atoms with Crippen molar-refractivity contribution in [1.82, 2.24) is 0 Å². The summed E-state index contributed by atoms with van der Waals surface area (Å²) in [5, 5.41) is 29.4. The van der Waals surface area contributed by atoms with Crippen molar-refractivity contribution in [3.8, 4) is 0 Å². The van der Waals surface area contributed by atoms with Crippen molar-refractivity contribution < 1.29 is 15.3 Å². The minimum absolute atomic E-state index is 0.323. The summed E-state index contributed by atoms with van der Waals surface area (Å²) in [5.41, 5.74) is -1.65. The molecular formula is C12H26O3. The third-order valence-electron chi connectivity index (χ3n) is 2.90. The van der Waals surface area contributed by atoms with Crippen LogP contribution >= 0.6 is 0 Å². The Morgan fingerprint density at radius 1 is 1.00 bits per heavy atom. The molecule has 0 radical (unpaired) electrons. The highest BCUT2D eigenvalue weighted by molar-refractivity contribution is 4.81. The maximum absolute atomic E-state index is 9.91. The molecule has 15 heavy (non-hydrogen) atoms. The summed E-state index contributed by atoms with van der Waals surface area (Å²) in [6.45, 7) is 7.34. The summed E-state index contributed by atoms with van der Waals surface area (Å²) in [7, 11) is 0. The van der Waals surface area contributed by atoms with E-state index in [0.717, 1.165) is 6.42 Å². The van der Waals surface area contributed by atoms with E-state index in [1.54, 1.807) is 13.8 Å². The van der Waals surface area contributed by atoms with Gasteiger partial charge in [-0.1, -0.05) is 20.3 Å². The maximum atomic E-state index is 9.91. The lowest BCUT2D eigenvalue weighted by Gasteiger charge is -2.30. The first kappa shape index (κ1) is 14.9. The third kappa shape index (κ3) is 6.88. The van der Waals surface area contributed by atoms with Crippen LogP contribution in [0.15, 0.2) is 0 Å². The van der Waals surface area contributed by atoms with Gasteiger partial charge in [-0.2, -0.15) is 0 Å². The number of rotatable bonds is 7. The molecule has 0 aliphatic heterocycles. The van der Waals surface area contributed by atoms with Gasteiger partial charge in [0.1, 0.15) is 0 Å². The lowest BCUT2D eigenvalue weighted by molar-refractivity contribution is -0.0425. The van der Waals surface area contributed by atoms with Crippen molar-refractivity contribution in [2.24, 2.45) is 0 Å². The van der Waals surface area contributed by atoms with Gasteiger partial charge < -0.3 is 15.3 Å². The third-order valence-corrected chi connectivity index (χ3v) is 2.90. The van der Waals surface area contributed by atoms with Crippen molar-refractivity contribution in [3.05, 3.63) is 0 Å². The smallest absolute Gasteiger partial charge is 0.0644 e. The van der Waals surface area contributed by atoms with E-state index >= 15 is 0 Å². The average molecular weight is 218 g/mol. The van der Waals surface area contributed by atoms with Gasteiger partial charge in [0.2, 0.25) is 0 Å². The summed E-state index contributed by atoms with van der Waals surface area (Å²) in [5.74, 6) is 0. The van der Waals surface area contributed by atoms with Gasteiger partial charge >= 0.3 is 0 Å². The van der Waals surface area contributed by atoms with Gasteiger partial charge in [-0.05, 0) is 26.7 Å². The standard InChI is InChI=1S/C12H26O3/c1-5-7-12(4,15)9-10(13)8-11(3,14)6-2/h10,13-15H,5-9H2,1-4H3. The highest BCUT2D eigenvalue weighted by atomic mass is 16.3. The van der Waals surface area contributed by atoms with E-state index in [-0.39, 0.29) is 0 Å². The Morgan fingerprint density at radius 3 is 1.87 bits per heavy atom. The van der Waals surface area contributed by atoms with Crippen LogP contribution in [0.5, 0.6) is 0 Å². The van der Waals surface area contributed by atoms with Gasteiger partial charge in [-0.25, -0.2) is 0 Å². The van der Waals surface area contributed by atoms with Gasteiger partial charge in [0.15, 0.2) is 0 Å². The maximum Gasteiger partial charge on any atom is 0.0644 e. The zero-order valence-corrected chi connectivity index (χ0v) is 10.5. The van der Waals surface area contributed by atoms with Crippen LogP contribution in [-0.4, -0.2) is 32.6 Å². The van der Waals surface area contributed by atoms with E-state index < -0.39 is 17.3 Å². The van der Waals surface area contributed by atoms with Gasteiger partial charge in [-0.3, -0.25) is 0 Å². The molecule has 0 bridgehead atoms. The molecule has 3 heteroatoms. The van der Waals surface area contributed by atoms with E-state index in [1.807, 2.05) is 13.8 Å². The Bertz CT molecular complexity index is 176. The van der Waals surface area contributed by atoms with Crippen molar-refractivity contribution in [3.63, 3.8) is 0 Å². The van der Waals surface area contributed by atoms with Crippen molar-refractivity contribution in [2.75, 3.05) is 0 Å². The van der Waals surface area contributed by atoms with Crippen molar-refractivity contribution >= 4 is 0 Å². The molecule has 0 aliphatic rings. The first-order valence-corrected chi connectivity index (χ1v) is 5.85. The van der Waals surface area contributed by atoms with Crippen LogP contribution in [0.25, 0.3) is 0 Å². The summed E-state index contributed by atoms with van der Waals surface area (Å²) in [4.78, 5) is 0. The van der Waals surface area contributed by atoms with E-state index in [2.05, 4.69) is 0 Å². The quantitative estimate of drug-likeness (QED) is 0.611. The Morgan fingerprint density at radius 2 is 1.47 bits per heavy atom. The first-order valence-electron chi connectivity index (χ1n) is 5.85. The fourth-order valence-electron chi connectivity index (χ4n) is 1.87. The molecular weight excluding hydrogens is 192 g/mol. The zero-order valence-electron chi connectivity index (χ0n) is 10.5. The molecule has 0 aromatic heterocycles.